The Kier molecular flexibility index (Phi) is 77.1. The lowest BCUT2D eigenvalue weighted by Gasteiger charge is -2.21. The van der Waals surface area contributed by atoms with Crippen molar-refractivity contribution >= 4 is 39.5 Å². The van der Waals surface area contributed by atoms with Crippen molar-refractivity contribution in [1.29, 1.82) is 0 Å². The summed E-state index contributed by atoms with van der Waals surface area (Å²) in [5.74, 6) is -2.19. The number of carbonyl (C=O) groups excluding carboxylic acids is 4. The lowest BCUT2D eigenvalue weighted by atomic mass is 10.0. The molecule has 0 aliphatic rings. The Morgan fingerprint density at radius 3 is 0.741 bits per heavy atom. The summed E-state index contributed by atoms with van der Waals surface area (Å²) in [7, 11) is -9.97. The van der Waals surface area contributed by atoms with Crippen LogP contribution < -0.4 is 0 Å². The second-order valence-corrected chi connectivity index (χ2v) is 31.2. The Labute approximate surface area is 657 Å². The fourth-order valence-electron chi connectivity index (χ4n) is 11.5. The lowest BCUT2D eigenvalue weighted by Crippen LogP contribution is -2.30. The van der Waals surface area contributed by atoms with Gasteiger partial charge in [-0.2, -0.15) is 0 Å². The Bertz CT molecular complexity index is 2520. The van der Waals surface area contributed by atoms with Gasteiger partial charge in [-0.05, 0) is 128 Å². The van der Waals surface area contributed by atoms with Gasteiger partial charge in [0.1, 0.15) is 19.3 Å². The van der Waals surface area contributed by atoms with Crippen LogP contribution in [0.1, 0.15) is 362 Å². The van der Waals surface area contributed by atoms with Gasteiger partial charge in [0.25, 0.3) is 0 Å². The molecule has 3 N–H and O–H groups in total. The van der Waals surface area contributed by atoms with Crippen LogP contribution in [-0.2, 0) is 65.4 Å². The van der Waals surface area contributed by atoms with Crippen molar-refractivity contribution in [1.82, 2.24) is 0 Å². The van der Waals surface area contributed by atoms with Crippen molar-refractivity contribution in [3.05, 3.63) is 122 Å². The smallest absolute Gasteiger partial charge is 0.462 e. The quantitative estimate of drug-likeness (QED) is 0.0169. The van der Waals surface area contributed by atoms with E-state index in [2.05, 4.69) is 149 Å². The molecule has 0 amide bonds. The number of phosphoric acid groups is 2. The molecule has 19 heteroatoms. The second-order valence-electron chi connectivity index (χ2n) is 28.3. The molecule has 0 spiro atoms. The number of carbonyl (C=O) groups is 4. The van der Waals surface area contributed by atoms with Crippen LogP contribution in [-0.4, -0.2) is 96.7 Å². The van der Waals surface area contributed by atoms with Gasteiger partial charge in [-0.3, -0.25) is 37.3 Å². The van der Waals surface area contributed by atoms with Crippen LogP contribution in [0, 0.1) is 0 Å². The van der Waals surface area contributed by atoms with Gasteiger partial charge in [-0.25, -0.2) is 9.13 Å². The van der Waals surface area contributed by atoms with Gasteiger partial charge in [0, 0.05) is 25.7 Å². The van der Waals surface area contributed by atoms with Crippen LogP contribution in [0.4, 0.5) is 0 Å². The van der Waals surface area contributed by atoms with Gasteiger partial charge in [-0.15, -0.1) is 0 Å². The van der Waals surface area contributed by atoms with E-state index in [0.717, 1.165) is 218 Å². The topological polar surface area (TPSA) is 237 Å². The monoisotopic (exact) mass is 1560 g/mol. The SMILES string of the molecule is CC/C=C\C/C=C\C/C=C\C/C=C\CCCCCCCCC(=O)OCC(COP(=O)(O)OCC(O)COP(=O)(O)OCC(COC(=O)CCCCCCCCC/C=C\C/C=C\C/C=C\CC)OC(=O)CCCCCCCCCCCCCCCCC)OC(=O)CCCCCCCCC/C=C\C/C=C\C/C=C\CC. The summed E-state index contributed by atoms with van der Waals surface area (Å²) in [6, 6.07) is 0. The molecule has 0 aromatic carbocycles. The number of hydrogen-bond acceptors (Lipinski definition) is 15. The molecule has 17 nitrogen and oxygen atoms in total. The van der Waals surface area contributed by atoms with Gasteiger partial charge >= 0.3 is 39.5 Å². The molecule has 0 saturated heterocycles. The summed E-state index contributed by atoms with van der Waals surface area (Å²) < 4.78 is 68.8. The molecule has 0 aliphatic carbocycles. The Hall–Kier alpha value is -4.54. The predicted molar refractivity (Wildman–Crippen MR) is 445 cm³/mol. The zero-order valence-electron chi connectivity index (χ0n) is 68.2. The van der Waals surface area contributed by atoms with Crippen molar-refractivity contribution in [2.45, 2.75) is 380 Å². The molecular weight excluding hydrogens is 1400 g/mol. The standard InChI is InChI=1S/C89H154O17P2/c1-5-9-13-17-21-25-29-33-37-40-41-44-47-50-54-58-62-66-70-74-87(92)100-80-85(106-89(94)76-72-68-64-60-56-52-48-43-39-35-31-27-23-19-15-11-7-3)82-104-108(97,98)102-78-83(90)77-101-107(95,96)103-81-84(105-88(93)75-71-67-63-59-55-51-45-36-32-28-24-20-16-12-8-4)79-99-86(91)73-69-65-61-57-53-49-46-42-38-34-30-26-22-18-14-10-6-2/h9-11,13-15,21-23,25-27,33-35,37-39,41,44,83-85,90H,5-8,12,16-20,24,28-32,36,40,42-43,45-82H2,1-4H3,(H,95,96)(H,97,98)/b13-9-,14-10-,15-11-,25-21-,26-22-,27-23-,37-33-,38-34-,39-35-,44-41-. The maximum Gasteiger partial charge on any atom is 0.472 e. The molecule has 0 aliphatic heterocycles. The highest BCUT2D eigenvalue weighted by molar-refractivity contribution is 7.47. The first-order valence-corrected chi connectivity index (χ1v) is 45.8. The van der Waals surface area contributed by atoms with Crippen molar-refractivity contribution in [2.24, 2.45) is 0 Å². The van der Waals surface area contributed by atoms with Gasteiger partial charge in [0.2, 0.25) is 0 Å². The number of aliphatic hydroxyl groups excluding tert-OH is 1. The number of rotatable bonds is 80. The number of hydrogen-bond donors (Lipinski definition) is 3. The number of ether oxygens (including phenoxy) is 4. The van der Waals surface area contributed by atoms with Crippen molar-refractivity contribution in [3.63, 3.8) is 0 Å². The van der Waals surface area contributed by atoms with Crippen LogP contribution in [0.25, 0.3) is 0 Å². The lowest BCUT2D eigenvalue weighted by molar-refractivity contribution is -0.161. The van der Waals surface area contributed by atoms with E-state index < -0.39 is 97.5 Å². The number of unbranched alkanes of at least 4 members (excludes halogenated alkanes) is 34. The summed E-state index contributed by atoms with van der Waals surface area (Å²) >= 11 is 0. The maximum atomic E-state index is 13.1. The van der Waals surface area contributed by atoms with Crippen molar-refractivity contribution in [2.75, 3.05) is 39.6 Å². The second kappa shape index (κ2) is 80.5. The largest absolute Gasteiger partial charge is 0.472 e. The normalized spacial score (nSPS) is 14.4. The average Bonchev–Trinajstić information content (AvgIpc) is 0.906. The first kappa shape index (κ1) is 103. The van der Waals surface area contributed by atoms with Gasteiger partial charge in [0.15, 0.2) is 12.2 Å². The number of aliphatic hydroxyl groups is 1. The van der Waals surface area contributed by atoms with E-state index in [0.29, 0.717) is 25.7 Å². The van der Waals surface area contributed by atoms with E-state index in [1.165, 1.54) is 64.2 Å². The minimum atomic E-state index is -4.99. The third kappa shape index (κ3) is 79.5. The van der Waals surface area contributed by atoms with Crippen LogP contribution >= 0.6 is 15.6 Å². The molecule has 5 atom stereocenters. The van der Waals surface area contributed by atoms with Crippen LogP contribution in [0.5, 0.6) is 0 Å². The van der Waals surface area contributed by atoms with Gasteiger partial charge < -0.3 is 33.8 Å². The van der Waals surface area contributed by atoms with Gasteiger partial charge in [0.05, 0.1) is 26.4 Å². The molecule has 622 valence electrons. The molecule has 0 aromatic heterocycles. The van der Waals surface area contributed by atoms with Crippen LogP contribution in [0.15, 0.2) is 122 Å². The molecule has 0 radical (unpaired) electrons. The minimum Gasteiger partial charge on any atom is -0.462 e. The maximum absolute atomic E-state index is 13.1. The molecule has 0 aromatic rings. The van der Waals surface area contributed by atoms with E-state index in [4.69, 9.17) is 37.0 Å². The van der Waals surface area contributed by atoms with E-state index in [9.17, 15) is 43.2 Å². The molecule has 5 unspecified atom stereocenters. The summed E-state index contributed by atoms with van der Waals surface area (Å²) in [4.78, 5) is 73.3. The summed E-state index contributed by atoms with van der Waals surface area (Å²) in [6.07, 6.45) is 90.1. The molecule has 108 heavy (non-hydrogen) atoms. The van der Waals surface area contributed by atoms with E-state index in [1.807, 2.05) is 0 Å². The average molecular weight is 1560 g/mol. The Morgan fingerprint density at radius 1 is 0.269 bits per heavy atom. The van der Waals surface area contributed by atoms with Crippen molar-refractivity contribution in [3.8, 4) is 0 Å². The van der Waals surface area contributed by atoms with E-state index >= 15 is 0 Å². The molecular formula is C89H154O17P2. The Morgan fingerprint density at radius 2 is 0.481 bits per heavy atom. The number of allylic oxidation sites excluding steroid dienone is 20. The van der Waals surface area contributed by atoms with Crippen LogP contribution in [0.3, 0.4) is 0 Å². The van der Waals surface area contributed by atoms with E-state index in [-0.39, 0.29) is 25.7 Å². The fourth-order valence-corrected chi connectivity index (χ4v) is 13.1. The molecule has 0 fully saturated rings. The molecule has 0 bridgehead atoms. The minimum absolute atomic E-state index is 0.0789. The zero-order valence-corrected chi connectivity index (χ0v) is 70.0. The van der Waals surface area contributed by atoms with E-state index in [1.54, 1.807) is 0 Å². The fraction of sp³-hybridized carbons (Fsp3) is 0.730. The number of phosphoric ester groups is 2. The molecule has 0 saturated carbocycles. The first-order valence-electron chi connectivity index (χ1n) is 42.8. The summed E-state index contributed by atoms with van der Waals surface area (Å²) in [6.45, 7) is 4.57. The third-order valence-electron chi connectivity index (χ3n) is 17.9. The number of esters is 4. The predicted octanol–water partition coefficient (Wildman–Crippen LogP) is 25.5. The highest BCUT2D eigenvalue weighted by Crippen LogP contribution is 2.45. The first-order chi connectivity index (χ1) is 52.7. The zero-order chi connectivity index (χ0) is 78.9. The summed E-state index contributed by atoms with van der Waals surface area (Å²) in [5.41, 5.74) is 0. The highest BCUT2D eigenvalue weighted by atomic mass is 31.2. The third-order valence-corrected chi connectivity index (χ3v) is 19.8. The molecule has 0 heterocycles. The van der Waals surface area contributed by atoms with Gasteiger partial charge in [-0.1, -0.05) is 329 Å². The highest BCUT2D eigenvalue weighted by Gasteiger charge is 2.30. The molecule has 0 rings (SSSR count). The van der Waals surface area contributed by atoms with Crippen molar-refractivity contribution < 1.29 is 80.2 Å². The Balaban J connectivity index is 5.38. The van der Waals surface area contributed by atoms with Crippen LogP contribution in [0.2, 0.25) is 0 Å². The summed E-state index contributed by atoms with van der Waals surface area (Å²) in [5, 5.41) is 10.7.